The molecule has 2 unspecified atom stereocenters. The summed E-state index contributed by atoms with van der Waals surface area (Å²) in [5, 5.41) is 18.6. The summed E-state index contributed by atoms with van der Waals surface area (Å²) in [4.78, 5) is 0. The maximum absolute atomic E-state index is 9.28. The van der Waals surface area contributed by atoms with Crippen LogP contribution < -0.4 is 10.2 Å². The van der Waals surface area contributed by atoms with E-state index in [-0.39, 0.29) is 0 Å². The first-order valence-corrected chi connectivity index (χ1v) is 7.80. The third kappa shape index (κ3) is 4.22. The van der Waals surface area contributed by atoms with Gasteiger partial charge in [0.1, 0.15) is 5.75 Å². The monoisotopic (exact) mass is 292 g/mol. The maximum Gasteiger partial charge on any atom is 0.488 e. The lowest BCUT2D eigenvalue weighted by molar-refractivity contribution is -0.0227. The van der Waals surface area contributed by atoms with E-state index >= 15 is 0 Å². The van der Waals surface area contributed by atoms with E-state index in [0.717, 1.165) is 24.2 Å². The Balaban J connectivity index is 2.05. The summed E-state index contributed by atoms with van der Waals surface area (Å²) in [5.74, 6) is 1.36. The quantitative estimate of drug-likeness (QED) is 0.786. The number of hydrogen-bond donors (Lipinski definition) is 2. The van der Waals surface area contributed by atoms with E-state index in [2.05, 4.69) is 6.92 Å². The third-order valence-corrected chi connectivity index (χ3v) is 4.42. The number of methoxy groups -OCH3 is 1. The zero-order valence-electron chi connectivity index (χ0n) is 12.9. The normalized spacial score (nSPS) is 22.1. The van der Waals surface area contributed by atoms with Gasteiger partial charge >= 0.3 is 7.12 Å². The van der Waals surface area contributed by atoms with E-state index < -0.39 is 7.12 Å². The first kappa shape index (κ1) is 16.3. The minimum Gasteiger partial charge on any atom is -0.496 e. The molecule has 0 bridgehead atoms. The summed E-state index contributed by atoms with van der Waals surface area (Å²) in [6, 6.07) is 5.15. The van der Waals surface area contributed by atoms with Gasteiger partial charge in [-0.2, -0.15) is 0 Å². The molecule has 1 aliphatic rings. The van der Waals surface area contributed by atoms with E-state index in [4.69, 9.17) is 9.47 Å². The van der Waals surface area contributed by atoms with Crippen molar-refractivity contribution in [2.24, 2.45) is 5.92 Å². The molecule has 1 aromatic rings. The van der Waals surface area contributed by atoms with Gasteiger partial charge in [-0.3, -0.25) is 0 Å². The molecule has 0 heterocycles. The van der Waals surface area contributed by atoms with Gasteiger partial charge in [0, 0.05) is 5.56 Å². The Morgan fingerprint density at radius 2 is 2.00 bits per heavy atom. The van der Waals surface area contributed by atoms with Crippen molar-refractivity contribution in [1.29, 1.82) is 0 Å². The molecular formula is C16H25BO4. The molecular weight excluding hydrogens is 267 g/mol. The van der Waals surface area contributed by atoms with E-state index in [0.29, 0.717) is 24.1 Å². The minimum absolute atomic E-state index is 0.302. The van der Waals surface area contributed by atoms with Gasteiger partial charge in [0.25, 0.3) is 0 Å². The molecule has 1 saturated carbocycles. The highest BCUT2D eigenvalue weighted by atomic mass is 16.5. The largest absolute Gasteiger partial charge is 0.496 e. The molecule has 0 aliphatic heterocycles. The Morgan fingerprint density at radius 3 is 2.67 bits per heavy atom. The summed E-state index contributed by atoms with van der Waals surface area (Å²) in [6.07, 6.45) is 6.34. The molecule has 1 aliphatic carbocycles. The van der Waals surface area contributed by atoms with Crippen molar-refractivity contribution in [3.8, 4) is 5.75 Å². The van der Waals surface area contributed by atoms with Gasteiger partial charge in [-0.25, -0.2) is 0 Å². The highest BCUT2D eigenvalue weighted by Gasteiger charge is 2.24. The van der Waals surface area contributed by atoms with Crippen LogP contribution in [0.5, 0.6) is 5.75 Å². The van der Waals surface area contributed by atoms with E-state index in [9.17, 15) is 10.0 Å². The fraction of sp³-hybridized carbons (Fsp3) is 0.625. The standard InChI is InChI=1S/C16H25BO4/c1-3-12-6-4-5-7-16(12)21-11-13-10-14(17(18)19)8-9-15(13)20-2/h8-10,12,16,18-19H,3-7,11H2,1-2H3. The molecule has 1 fully saturated rings. The predicted octanol–water partition coefficient (Wildman–Crippen LogP) is 1.86. The topological polar surface area (TPSA) is 58.9 Å². The van der Waals surface area contributed by atoms with Crippen molar-refractivity contribution in [2.45, 2.75) is 51.7 Å². The van der Waals surface area contributed by atoms with Gasteiger partial charge in [-0.15, -0.1) is 0 Å². The van der Waals surface area contributed by atoms with Crippen molar-refractivity contribution in [3.63, 3.8) is 0 Å². The Hall–Kier alpha value is -1.04. The zero-order valence-corrected chi connectivity index (χ0v) is 12.9. The highest BCUT2D eigenvalue weighted by molar-refractivity contribution is 6.58. The molecule has 5 heteroatoms. The van der Waals surface area contributed by atoms with Gasteiger partial charge in [-0.05, 0) is 30.3 Å². The summed E-state index contributed by atoms with van der Waals surface area (Å²) in [6.45, 7) is 2.67. The van der Waals surface area contributed by atoms with E-state index in [1.165, 1.54) is 19.3 Å². The van der Waals surface area contributed by atoms with Crippen LogP contribution in [0.15, 0.2) is 18.2 Å². The van der Waals surface area contributed by atoms with Crippen molar-refractivity contribution in [2.75, 3.05) is 7.11 Å². The Bertz CT molecular complexity index is 450. The summed E-state index contributed by atoms with van der Waals surface area (Å²) in [5.41, 5.74) is 1.33. The van der Waals surface area contributed by atoms with Crippen LogP contribution in [0.4, 0.5) is 0 Å². The molecule has 4 nitrogen and oxygen atoms in total. The summed E-state index contributed by atoms with van der Waals surface area (Å²) >= 11 is 0. The fourth-order valence-corrected chi connectivity index (χ4v) is 3.13. The Labute approximate surface area is 127 Å². The molecule has 1 aromatic carbocycles. The molecule has 2 atom stereocenters. The van der Waals surface area contributed by atoms with Crippen molar-refractivity contribution < 1.29 is 19.5 Å². The first-order valence-electron chi connectivity index (χ1n) is 7.80. The van der Waals surface area contributed by atoms with Crippen LogP contribution in [-0.4, -0.2) is 30.4 Å². The van der Waals surface area contributed by atoms with Crippen molar-refractivity contribution in [3.05, 3.63) is 23.8 Å². The average molecular weight is 292 g/mol. The van der Waals surface area contributed by atoms with E-state index in [1.54, 1.807) is 25.3 Å². The van der Waals surface area contributed by atoms with Crippen LogP contribution in [-0.2, 0) is 11.3 Å². The fourth-order valence-electron chi connectivity index (χ4n) is 3.13. The molecule has 2 rings (SSSR count). The minimum atomic E-state index is -1.47. The Morgan fingerprint density at radius 1 is 1.24 bits per heavy atom. The second kappa shape index (κ2) is 7.83. The van der Waals surface area contributed by atoms with Gasteiger partial charge in [-0.1, -0.05) is 38.3 Å². The predicted molar refractivity (Wildman–Crippen MR) is 83.6 cm³/mol. The Kier molecular flexibility index (Phi) is 6.09. The summed E-state index contributed by atoms with van der Waals surface area (Å²) < 4.78 is 11.4. The number of hydrogen-bond acceptors (Lipinski definition) is 4. The molecule has 21 heavy (non-hydrogen) atoms. The second-order valence-corrected chi connectivity index (χ2v) is 5.75. The average Bonchev–Trinajstić information content (AvgIpc) is 2.52. The van der Waals surface area contributed by atoms with Crippen LogP contribution in [0.2, 0.25) is 0 Å². The van der Waals surface area contributed by atoms with Crippen LogP contribution in [0.1, 0.15) is 44.6 Å². The number of ether oxygens (including phenoxy) is 2. The van der Waals surface area contributed by atoms with Gasteiger partial charge < -0.3 is 19.5 Å². The number of benzene rings is 1. The van der Waals surface area contributed by atoms with Gasteiger partial charge in [0.15, 0.2) is 0 Å². The van der Waals surface area contributed by atoms with Crippen LogP contribution in [0, 0.1) is 5.92 Å². The lowest BCUT2D eigenvalue weighted by Crippen LogP contribution is -2.30. The van der Waals surface area contributed by atoms with Gasteiger partial charge in [0.05, 0.1) is 19.8 Å². The first-order chi connectivity index (χ1) is 10.2. The molecule has 2 N–H and O–H groups in total. The smallest absolute Gasteiger partial charge is 0.488 e. The SMILES string of the molecule is CCC1CCCCC1OCc1cc(B(O)O)ccc1OC. The molecule has 0 radical (unpaired) electrons. The lowest BCUT2D eigenvalue weighted by atomic mass is 9.79. The molecule has 0 aromatic heterocycles. The van der Waals surface area contributed by atoms with E-state index in [1.807, 2.05) is 0 Å². The third-order valence-electron chi connectivity index (χ3n) is 4.42. The molecule has 0 saturated heterocycles. The van der Waals surface area contributed by atoms with Crippen LogP contribution in [0.25, 0.3) is 0 Å². The molecule has 116 valence electrons. The lowest BCUT2D eigenvalue weighted by Gasteiger charge is -2.31. The molecule has 0 amide bonds. The molecule has 0 spiro atoms. The van der Waals surface area contributed by atoms with Crippen molar-refractivity contribution in [1.82, 2.24) is 0 Å². The number of rotatable bonds is 6. The maximum atomic E-state index is 9.28. The highest BCUT2D eigenvalue weighted by Crippen LogP contribution is 2.30. The zero-order chi connectivity index (χ0) is 15.2. The summed E-state index contributed by atoms with van der Waals surface area (Å²) in [7, 11) is 0.149. The van der Waals surface area contributed by atoms with Crippen LogP contribution in [0.3, 0.4) is 0 Å². The van der Waals surface area contributed by atoms with Gasteiger partial charge in [0.2, 0.25) is 0 Å². The van der Waals surface area contributed by atoms with Crippen LogP contribution >= 0.6 is 0 Å². The second-order valence-electron chi connectivity index (χ2n) is 5.75. The van der Waals surface area contributed by atoms with Crippen molar-refractivity contribution >= 4 is 12.6 Å².